The maximum atomic E-state index is 12.7. The fraction of sp³-hybridized carbons (Fsp3) is 0.524. The largest absolute Gasteiger partial charge is 0.363 e. The molecular formula is C21H32N4OS. The topological polar surface area (TPSA) is 51.4 Å². The van der Waals surface area contributed by atoms with Gasteiger partial charge in [0.15, 0.2) is 5.11 Å². The Morgan fingerprint density at radius 1 is 1.11 bits per heavy atom. The predicted molar refractivity (Wildman–Crippen MR) is 119 cm³/mol. The first-order valence-corrected chi connectivity index (χ1v) is 10.2. The van der Waals surface area contributed by atoms with Crippen LogP contribution in [-0.2, 0) is 6.54 Å². The zero-order valence-corrected chi connectivity index (χ0v) is 18.0. The number of pyridine rings is 1. The van der Waals surface area contributed by atoms with Gasteiger partial charge in [0.05, 0.1) is 12.1 Å². The molecule has 0 spiro atoms. The van der Waals surface area contributed by atoms with Gasteiger partial charge in [-0.05, 0) is 63.3 Å². The molecule has 0 radical (unpaired) electrons. The number of nitrogens with zero attached hydrogens (tertiary/aromatic N) is 2. The molecule has 0 aliphatic rings. The van der Waals surface area contributed by atoms with E-state index in [1.54, 1.807) is 0 Å². The number of benzene rings is 1. The molecule has 1 heterocycles. The molecule has 2 rings (SSSR count). The van der Waals surface area contributed by atoms with Crippen LogP contribution in [0, 0.1) is 13.8 Å². The first kappa shape index (κ1) is 21.4. The van der Waals surface area contributed by atoms with E-state index >= 15 is 0 Å². The smallest absolute Gasteiger partial charge is 0.253 e. The molecule has 27 heavy (non-hydrogen) atoms. The second-order valence-corrected chi connectivity index (χ2v) is 7.28. The van der Waals surface area contributed by atoms with Gasteiger partial charge in [-0.25, -0.2) is 0 Å². The molecule has 1 aromatic carbocycles. The molecular weight excluding hydrogens is 356 g/mol. The highest BCUT2D eigenvalue weighted by molar-refractivity contribution is 7.80. The van der Waals surface area contributed by atoms with E-state index < -0.39 is 0 Å². The van der Waals surface area contributed by atoms with Crippen LogP contribution < -0.4 is 10.9 Å². The van der Waals surface area contributed by atoms with Gasteiger partial charge in [-0.1, -0.05) is 26.0 Å². The Hall–Kier alpha value is -1.92. The van der Waals surface area contributed by atoms with Crippen LogP contribution in [0.15, 0.2) is 23.0 Å². The summed E-state index contributed by atoms with van der Waals surface area (Å²) < 4.78 is 0. The molecule has 0 aliphatic carbocycles. The van der Waals surface area contributed by atoms with Gasteiger partial charge in [0.25, 0.3) is 5.56 Å². The highest BCUT2D eigenvalue weighted by Gasteiger charge is 2.15. The van der Waals surface area contributed by atoms with Crippen LogP contribution in [0.4, 0.5) is 0 Å². The third-order valence-corrected chi connectivity index (χ3v) is 5.48. The number of fused-ring (bicyclic) bond motifs is 1. The van der Waals surface area contributed by atoms with Crippen LogP contribution in [0.25, 0.3) is 10.9 Å². The molecule has 0 unspecified atom stereocenters. The van der Waals surface area contributed by atoms with Crippen LogP contribution >= 0.6 is 12.2 Å². The molecule has 2 aromatic rings. The van der Waals surface area contributed by atoms with E-state index in [1.807, 2.05) is 26.0 Å². The summed E-state index contributed by atoms with van der Waals surface area (Å²) in [6.45, 7) is 15.5. The number of hydrogen-bond acceptors (Lipinski definition) is 3. The highest BCUT2D eigenvalue weighted by Crippen LogP contribution is 2.20. The lowest BCUT2D eigenvalue weighted by molar-refractivity contribution is 0.263. The number of aryl methyl sites for hydroxylation is 2. The molecule has 2 N–H and O–H groups in total. The lowest BCUT2D eigenvalue weighted by Crippen LogP contribution is -2.44. The molecule has 0 fully saturated rings. The Kier molecular flexibility index (Phi) is 7.80. The van der Waals surface area contributed by atoms with Crippen LogP contribution in [0.1, 0.15) is 37.5 Å². The van der Waals surface area contributed by atoms with Crippen molar-refractivity contribution in [3.63, 3.8) is 0 Å². The third kappa shape index (κ3) is 5.30. The molecule has 0 amide bonds. The van der Waals surface area contributed by atoms with Crippen LogP contribution in [0.2, 0.25) is 0 Å². The first-order valence-electron chi connectivity index (χ1n) is 9.78. The highest BCUT2D eigenvalue weighted by atomic mass is 32.1. The molecule has 148 valence electrons. The number of hydrogen-bond donors (Lipinski definition) is 2. The first-order chi connectivity index (χ1) is 12.9. The molecule has 0 saturated carbocycles. The van der Waals surface area contributed by atoms with E-state index in [-0.39, 0.29) is 5.56 Å². The number of rotatable bonds is 8. The molecule has 6 heteroatoms. The summed E-state index contributed by atoms with van der Waals surface area (Å²) in [7, 11) is 0. The van der Waals surface area contributed by atoms with Gasteiger partial charge in [-0.3, -0.25) is 4.79 Å². The van der Waals surface area contributed by atoms with E-state index in [1.165, 1.54) is 0 Å². The van der Waals surface area contributed by atoms with Gasteiger partial charge in [0.2, 0.25) is 0 Å². The summed E-state index contributed by atoms with van der Waals surface area (Å²) in [5.41, 5.74) is 3.88. The summed E-state index contributed by atoms with van der Waals surface area (Å²) in [6.07, 6.45) is 0. The summed E-state index contributed by atoms with van der Waals surface area (Å²) >= 11 is 5.57. The van der Waals surface area contributed by atoms with E-state index in [9.17, 15) is 4.79 Å². The number of nitrogens with one attached hydrogen (secondary N) is 2. The van der Waals surface area contributed by atoms with Crippen LogP contribution in [-0.4, -0.2) is 52.6 Å². The lowest BCUT2D eigenvalue weighted by atomic mass is 10.0. The number of likely N-dealkylation sites (N-methyl/N-ethyl adjacent to an activating group) is 1. The fourth-order valence-corrected chi connectivity index (χ4v) is 3.56. The zero-order chi connectivity index (χ0) is 20.0. The number of thiocarbonyl (C=S) groups is 1. The van der Waals surface area contributed by atoms with E-state index in [4.69, 9.17) is 12.2 Å². The van der Waals surface area contributed by atoms with Gasteiger partial charge in [0.1, 0.15) is 0 Å². The van der Waals surface area contributed by atoms with Gasteiger partial charge < -0.3 is 20.1 Å². The quantitative estimate of drug-likeness (QED) is 0.680. The van der Waals surface area contributed by atoms with Gasteiger partial charge >= 0.3 is 0 Å². The normalized spacial score (nSPS) is 11.2. The second-order valence-electron chi connectivity index (χ2n) is 6.90. The van der Waals surface area contributed by atoms with Crippen LogP contribution in [0.5, 0.6) is 0 Å². The minimum atomic E-state index is -0.0386. The van der Waals surface area contributed by atoms with E-state index in [0.717, 1.165) is 60.3 Å². The van der Waals surface area contributed by atoms with Crippen molar-refractivity contribution in [3.05, 3.63) is 45.2 Å². The SMILES string of the molecule is CCNC(=S)N(CCN(CC)CC)Cc1cc2c(C)ccc(C)c2[nH]c1=O. The van der Waals surface area contributed by atoms with Crippen molar-refractivity contribution in [1.82, 2.24) is 20.1 Å². The van der Waals surface area contributed by atoms with Crippen molar-refractivity contribution in [3.8, 4) is 0 Å². The van der Waals surface area contributed by atoms with E-state index in [2.05, 4.69) is 46.9 Å². The Balaban J connectivity index is 2.32. The standard InChI is InChI=1S/C21H32N4OS/c1-6-22-21(27)25(12-11-24(7-2)8-3)14-17-13-18-15(4)9-10-16(5)19(18)23-20(17)26/h9-10,13H,6-8,11-12,14H2,1-5H3,(H,22,27)(H,23,26). The minimum absolute atomic E-state index is 0.0386. The predicted octanol–water partition coefficient (Wildman–Crippen LogP) is 3.18. The van der Waals surface area contributed by atoms with E-state index in [0.29, 0.717) is 11.7 Å². The summed E-state index contributed by atoms with van der Waals surface area (Å²) in [4.78, 5) is 20.2. The number of aromatic amines is 1. The molecule has 0 saturated heterocycles. The Labute approximate surface area is 167 Å². The molecule has 0 atom stereocenters. The molecule has 0 bridgehead atoms. The molecule has 5 nitrogen and oxygen atoms in total. The summed E-state index contributed by atoms with van der Waals surface area (Å²) in [6, 6.07) is 6.17. The fourth-order valence-electron chi connectivity index (χ4n) is 3.26. The maximum Gasteiger partial charge on any atom is 0.253 e. The van der Waals surface area contributed by atoms with Crippen molar-refractivity contribution in [2.75, 3.05) is 32.7 Å². The maximum absolute atomic E-state index is 12.7. The third-order valence-electron chi connectivity index (χ3n) is 5.08. The lowest BCUT2D eigenvalue weighted by Gasteiger charge is -2.28. The average molecular weight is 389 g/mol. The van der Waals surface area contributed by atoms with Gasteiger partial charge in [0, 0.05) is 30.6 Å². The van der Waals surface area contributed by atoms with Crippen molar-refractivity contribution in [1.29, 1.82) is 0 Å². The monoisotopic (exact) mass is 388 g/mol. The van der Waals surface area contributed by atoms with Gasteiger partial charge in [-0.2, -0.15) is 0 Å². The Bertz CT molecular complexity index is 842. The molecule has 1 aromatic heterocycles. The van der Waals surface area contributed by atoms with Crippen LogP contribution in [0.3, 0.4) is 0 Å². The zero-order valence-electron chi connectivity index (χ0n) is 17.2. The Morgan fingerprint density at radius 2 is 1.78 bits per heavy atom. The van der Waals surface area contributed by atoms with Crippen molar-refractivity contribution >= 4 is 28.2 Å². The van der Waals surface area contributed by atoms with Crippen molar-refractivity contribution in [2.45, 2.75) is 41.2 Å². The molecule has 0 aliphatic heterocycles. The number of H-pyrrole nitrogens is 1. The number of aromatic nitrogens is 1. The van der Waals surface area contributed by atoms with Gasteiger partial charge in [-0.15, -0.1) is 0 Å². The van der Waals surface area contributed by atoms with Crippen molar-refractivity contribution < 1.29 is 0 Å². The second kappa shape index (κ2) is 9.85. The minimum Gasteiger partial charge on any atom is -0.363 e. The summed E-state index contributed by atoms with van der Waals surface area (Å²) in [5.74, 6) is 0. The summed E-state index contributed by atoms with van der Waals surface area (Å²) in [5, 5.41) is 5.03. The van der Waals surface area contributed by atoms with Crippen molar-refractivity contribution in [2.24, 2.45) is 0 Å². The average Bonchev–Trinajstić information content (AvgIpc) is 2.65. The Morgan fingerprint density at radius 3 is 2.41 bits per heavy atom.